The zero-order chi connectivity index (χ0) is 23.3. The van der Waals surface area contributed by atoms with Gasteiger partial charge in [0, 0.05) is 18.6 Å². The maximum Gasteiger partial charge on any atom is 0.244 e. The van der Waals surface area contributed by atoms with Gasteiger partial charge in [0.2, 0.25) is 21.8 Å². The Morgan fingerprint density at radius 1 is 1.10 bits per heavy atom. The first kappa shape index (κ1) is 24.7. The molecule has 1 unspecified atom stereocenters. The van der Waals surface area contributed by atoms with Gasteiger partial charge < -0.3 is 10.2 Å². The Morgan fingerprint density at radius 2 is 1.74 bits per heavy atom. The molecule has 168 valence electrons. The first-order valence-corrected chi connectivity index (χ1v) is 12.0. The highest BCUT2D eigenvalue weighted by Gasteiger charge is 2.30. The van der Waals surface area contributed by atoms with Crippen molar-refractivity contribution in [3.05, 3.63) is 64.2 Å². The fourth-order valence-electron chi connectivity index (χ4n) is 3.20. The van der Waals surface area contributed by atoms with E-state index in [1.165, 1.54) is 11.9 Å². The van der Waals surface area contributed by atoms with Gasteiger partial charge in [-0.05, 0) is 49.6 Å². The minimum atomic E-state index is -3.76. The number of likely N-dealkylation sites (N-methyl/N-ethyl adjacent to an activating group) is 1. The molecule has 1 atom stereocenters. The summed E-state index contributed by atoms with van der Waals surface area (Å²) in [5.41, 5.74) is 2.76. The van der Waals surface area contributed by atoms with Crippen LogP contribution in [0.25, 0.3) is 0 Å². The monoisotopic (exact) mass is 465 g/mol. The molecule has 0 fully saturated rings. The Balaban J connectivity index is 2.45. The van der Waals surface area contributed by atoms with Gasteiger partial charge in [-0.2, -0.15) is 0 Å². The minimum absolute atomic E-state index is 0.0670. The minimum Gasteiger partial charge on any atom is -0.357 e. The summed E-state index contributed by atoms with van der Waals surface area (Å²) < 4.78 is 26.2. The van der Waals surface area contributed by atoms with E-state index in [-0.39, 0.29) is 12.5 Å². The molecule has 0 saturated carbocycles. The van der Waals surface area contributed by atoms with Gasteiger partial charge in [-0.25, -0.2) is 8.42 Å². The first-order valence-electron chi connectivity index (χ1n) is 9.75. The number of aryl methyl sites for hydroxylation is 1. The second kappa shape index (κ2) is 10.2. The van der Waals surface area contributed by atoms with Crippen molar-refractivity contribution in [3.63, 3.8) is 0 Å². The first-order chi connectivity index (χ1) is 14.5. The number of hydrogen-bond acceptors (Lipinski definition) is 4. The summed E-state index contributed by atoms with van der Waals surface area (Å²) in [5.74, 6) is -0.875. The van der Waals surface area contributed by atoms with E-state index >= 15 is 0 Å². The third-order valence-electron chi connectivity index (χ3n) is 5.24. The molecule has 0 spiro atoms. The molecular formula is C22H28ClN3O4S. The van der Waals surface area contributed by atoms with Crippen LogP contribution in [0.3, 0.4) is 0 Å². The van der Waals surface area contributed by atoms with Crippen molar-refractivity contribution in [3.8, 4) is 0 Å². The average molecular weight is 466 g/mol. The fourth-order valence-corrected chi connectivity index (χ4v) is 4.30. The quantitative estimate of drug-likeness (QED) is 0.649. The van der Waals surface area contributed by atoms with Gasteiger partial charge in [0.05, 0.1) is 11.9 Å². The normalized spacial score (nSPS) is 12.2. The van der Waals surface area contributed by atoms with Gasteiger partial charge >= 0.3 is 0 Å². The van der Waals surface area contributed by atoms with Gasteiger partial charge in [-0.1, -0.05) is 41.9 Å². The highest BCUT2D eigenvalue weighted by atomic mass is 35.5. The number of hydrogen-bond donors (Lipinski definition) is 1. The van der Waals surface area contributed by atoms with Crippen molar-refractivity contribution >= 4 is 39.1 Å². The van der Waals surface area contributed by atoms with Crippen molar-refractivity contribution in [2.24, 2.45) is 0 Å². The summed E-state index contributed by atoms with van der Waals surface area (Å²) in [6.45, 7) is 4.91. The van der Waals surface area contributed by atoms with Gasteiger partial charge in [0.15, 0.2) is 0 Å². The maximum absolute atomic E-state index is 13.3. The highest BCUT2D eigenvalue weighted by molar-refractivity contribution is 7.92. The number of carbonyl (C=O) groups excluding carboxylic acids is 2. The molecule has 2 amide bonds. The number of benzene rings is 2. The van der Waals surface area contributed by atoms with Crippen molar-refractivity contribution in [2.45, 2.75) is 33.4 Å². The molecule has 2 aromatic carbocycles. The van der Waals surface area contributed by atoms with Crippen molar-refractivity contribution < 1.29 is 18.0 Å². The summed E-state index contributed by atoms with van der Waals surface area (Å²) in [6.07, 6.45) is 1.06. The van der Waals surface area contributed by atoms with E-state index in [4.69, 9.17) is 11.6 Å². The molecular weight excluding hydrogens is 438 g/mol. The smallest absolute Gasteiger partial charge is 0.244 e. The van der Waals surface area contributed by atoms with Crippen molar-refractivity contribution in [1.29, 1.82) is 0 Å². The summed E-state index contributed by atoms with van der Waals surface area (Å²) in [6, 6.07) is 11.5. The molecule has 1 N–H and O–H groups in total. The predicted octanol–water partition coefficient (Wildman–Crippen LogP) is 2.89. The third kappa shape index (κ3) is 5.98. The van der Waals surface area contributed by atoms with Crippen LogP contribution in [0.1, 0.15) is 23.6 Å². The molecule has 0 aliphatic rings. The number of sulfonamides is 1. The zero-order valence-corrected chi connectivity index (χ0v) is 19.9. The topological polar surface area (TPSA) is 86.8 Å². The summed E-state index contributed by atoms with van der Waals surface area (Å²) in [7, 11) is -2.28. The molecule has 0 aliphatic heterocycles. The van der Waals surface area contributed by atoms with E-state index in [2.05, 4.69) is 5.32 Å². The third-order valence-corrected chi connectivity index (χ3v) is 6.73. The SMILES string of the molecule is CNC(=O)C(C)N(Cc1ccccc1Cl)C(=O)CN(c1cccc(C)c1C)S(C)(=O)=O. The lowest BCUT2D eigenvalue weighted by Crippen LogP contribution is -2.50. The molecule has 0 heterocycles. The molecule has 0 bridgehead atoms. The van der Waals surface area contributed by atoms with E-state index in [1.54, 1.807) is 43.3 Å². The molecule has 2 aromatic rings. The molecule has 0 aliphatic carbocycles. The number of carbonyl (C=O) groups is 2. The Kier molecular flexibility index (Phi) is 8.08. The number of anilines is 1. The van der Waals surface area contributed by atoms with Crippen LogP contribution in [-0.4, -0.2) is 51.0 Å². The van der Waals surface area contributed by atoms with Crippen LogP contribution in [0.2, 0.25) is 5.02 Å². The molecule has 0 radical (unpaired) electrons. The Hall–Kier alpha value is -2.58. The maximum atomic E-state index is 13.3. The van der Waals surface area contributed by atoms with Crippen molar-refractivity contribution in [1.82, 2.24) is 10.2 Å². The number of halogens is 1. The summed E-state index contributed by atoms with van der Waals surface area (Å²) >= 11 is 6.26. The Bertz CT molecular complexity index is 1070. The van der Waals surface area contributed by atoms with Crippen LogP contribution in [0.4, 0.5) is 5.69 Å². The number of amides is 2. The Morgan fingerprint density at radius 3 is 2.32 bits per heavy atom. The van der Waals surface area contributed by atoms with Crippen LogP contribution in [0, 0.1) is 13.8 Å². The lowest BCUT2D eigenvalue weighted by Gasteiger charge is -2.32. The fraction of sp³-hybridized carbons (Fsp3) is 0.364. The van der Waals surface area contributed by atoms with Gasteiger partial charge in [0.25, 0.3) is 0 Å². The van der Waals surface area contributed by atoms with E-state index in [9.17, 15) is 18.0 Å². The van der Waals surface area contributed by atoms with Crippen LogP contribution in [0.5, 0.6) is 0 Å². The summed E-state index contributed by atoms with van der Waals surface area (Å²) in [4.78, 5) is 27.0. The standard InChI is InChI=1S/C22H28ClN3O4S/c1-15-9-8-12-20(16(15)2)26(31(5,29)30)14-21(27)25(17(3)22(28)24-4)13-18-10-6-7-11-19(18)23/h6-12,17H,13-14H2,1-5H3,(H,24,28). The van der Waals surface area contributed by atoms with E-state index in [0.717, 1.165) is 21.7 Å². The number of rotatable bonds is 8. The predicted molar refractivity (Wildman–Crippen MR) is 124 cm³/mol. The second-order valence-electron chi connectivity index (χ2n) is 7.39. The molecule has 7 nitrogen and oxygen atoms in total. The Labute approximate surface area is 189 Å². The number of nitrogens with one attached hydrogen (secondary N) is 1. The van der Waals surface area contributed by atoms with Gasteiger partial charge in [-0.3, -0.25) is 13.9 Å². The van der Waals surface area contributed by atoms with Crippen molar-refractivity contribution in [2.75, 3.05) is 24.2 Å². The highest BCUT2D eigenvalue weighted by Crippen LogP contribution is 2.26. The van der Waals surface area contributed by atoms with Gasteiger partial charge in [-0.15, -0.1) is 0 Å². The lowest BCUT2D eigenvalue weighted by atomic mass is 10.1. The summed E-state index contributed by atoms with van der Waals surface area (Å²) in [5, 5.41) is 2.99. The van der Waals surface area contributed by atoms with Gasteiger partial charge in [0.1, 0.15) is 12.6 Å². The second-order valence-corrected chi connectivity index (χ2v) is 9.71. The van der Waals surface area contributed by atoms with Crippen LogP contribution >= 0.6 is 11.6 Å². The van der Waals surface area contributed by atoms with E-state index in [1.807, 2.05) is 19.9 Å². The van der Waals surface area contributed by atoms with Crippen LogP contribution in [0.15, 0.2) is 42.5 Å². The van der Waals surface area contributed by atoms with E-state index < -0.39 is 28.5 Å². The van der Waals surface area contributed by atoms with Crippen LogP contribution < -0.4 is 9.62 Å². The van der Waals surface area contributed by atoms with E-state index in [0.29, 0.717) is 16.3 Å². The van der Waals surface area contributed by atoms with Crippen LogP contribution in [-0.2, 0) is 26.2 Å². The lowest BCUT2D eigenvalue weighted by molar-refractivity contribution is -0.139. The molecule has 31 heavy (non-hydrogen) atoms. The average Bonchev–Trinajstić information content (AvgIpc) is 2.71. The largest absolute Gasteiger partial charge is 0.357 e. The molecule has 0 aromatic heterocycles. The molecule has 0 saturated heterocycles. The number of nitrogens with zero attached hydrogens (tertiary/aromatic N) is 2. The zero-order valence-electron chi connectivity index (χ0n) is 18.3. The molecule has 9 heteroatoms. The molecule has 2 rings (SSSR count).